The number of nitrogens with one attached hydrogen (secondary N) is 3. The van der Waals surface area contributed by atoms with E-state index >= 15 is 0 Å². The minimum Gasteiger partial charge on any atom is -0.495 e. The number of aromatic nitrogens is 2. The largest absolute Gasteiger partial charge is 0.495 e. The Morgan fingerprint density at radius 2 is 1.70 bits per heavy atom. The van der Waals surface area contributed by atoms with E-state index in [-0.39, 0.29) is 22.5 Å². The van der Waals surface area contributed by atoms with E-state index in [1.807, 2.05) is 11.9 Å². The maximum atomic E-state index is 12.3. The van der Waals surface area contributed by atoms with Crippen LogP contribution in [0.4, 0.5) is 45.0 Å². The summed E-state index contributed by atoms with van der Waals surface area (Å²) in [4.78, 5) is 36.8. The Balaban J connectivity index is 1.61. The van der Waals surface area contributed by atoms with Crippen molar-refractivity contribution in [3.63, 3.8) is 0 Å². The van der Waals surface area contributed by atoms with Crippen LogP contribution in [0.1, 0.15) is 20.8 Å². The summed E-state index contributed by atoms with van der Waals surface area (Å²) in [5, 5.41) is 21.1. The minimum absolute atomic E-state index is 0.0702. The number of hydrogen-bond donors (Lipinski definition) is 3. The number of nitrogens with zero attached hydrogens (tertiary/aromatic N) is 5. The van der Waals surface area contributed by atoms with Crippen molar-refractivity contribution in [1.82, 2.24) is 14.9 Å². The minimum atomic E-state index is -0.663. The zero-order valence-corrected chi connectivity index (χ0v) is 25.6. The molecule has 1 aromatic heterocycles. The number of ether oxygens (including phenoxy) is 3. The second-order valence-corrected chi connectivity index (χ2v) is 11.2. The first-order chi connectivity index (χ1) is 20.4. The molecule has 1 amide bonds. The smallest absolute Gasteiger partial charge is 0.412 e. The molecule has 0 unspecified atom stereocenters. The molecular formula is C28H35ClN8O6. The van der Waals surface area contributed by atoms with Crippen LogP contribution < -0.4 is 30.3 Å². The highest BCUT2D eigenvalue weighted by Crippen LogP contribution is 2.40. The van der Waals surface area contributed by atoms with Crippen molar-refractivity contribution in [2.24, 2.45) is 0 Å². The van der Waals surface area contributed by atoms with E-state index in [9.17, 15) is 14.9 Å². The third-order valence-electron chi connectivity index (χ3n) is 6.43. The lowest BCUT2D eigenvalue weighted by Crippen LogP contribution is -2.44. The first-order valence-corrected chi connectivity index (χ1v) is 13.8. The first kappa shape index (κ1) is 31.4. The van der Waals surface area contributed by atoms with E-state index in [4.69, 9.17) is 25.8 Å². The standard InChI is InChI=1S/C28H35ClN8O6/c1-28(2,3)43-27(38)31-17-7-8-23(41-5)19(13-17)32-25-18(29)16-30-26(34-25)33-20-14-22(37(39)40)21(15-24(20)42-6)36-11-9-35(4)10-12-36/h7-8,13-16H,9-12H2,1-6H3,(H,31,38)(H2,30,32,33,34). The molecule has 3 aromatic rings. The van der Waals surface area contributed by atoms with Crippen LogP contribution in [-0.4, -0.2) is 78.9 Å². The zero-order valence-electron chi connectivity index (χ0n) is 24.9. The number of carbonyl (C=O) groups excluding carboxylic acids is 1. The molecule has 0 spiro atoms. The summed E-state index contributed by atoms with van der Waals surface area (Å²) < 4.78 is 16.4. The molecule has 0 atom stereocenters. The Kier molecular flexibility index (Phi) is 9.61. The number of hydrogen-bond acceptors (Lipinski definition) is 12. The number of amides is 1. The van der Waals surface area contributed by atoms with E-state index in [2.05, 4.69) is 30.8 Å². The quantitative estimate of drug-likeness (QED) is 0.201. The van der Waals surface area contributed by atoms with Gasteiger partial charge in [-0.3, -0.25) is 15.4 Å². The number of methoxy groups -OCH3 is 2. The highest BCUT2D eigenvalue weighted by Gasteiger charge is 2.26. The average molecular weight is 615 g/mol. The van der Waals surface area contributed by atoms with Crippen molar-refractivity contribution in [3.8, 4) is 11.5 Å². The second-order valence-electron chi connectivity index (χ2n) is 10.8. The Morgan fingerprint density at radius 1 is 1.02 bits per heavy atom. The maximum Gasteiger partial charge on any atom is 0.412 e. The molecule has 0 saturated carbocycles. The van der Waals surface area contributed by atoms with E-state index in [1.165, 1.54) is 26.5 Å². The van der Waals surface area contributed by atoms with Gasteiger partial charge in [0, 0.05) is 44.0 Å². The van der Waals surface area contributed by atoms with Crippen molar-refractivity contribution in [2.75, 3.05) is 68.3 Å². The Labute approximate surface area is 254 Å². The molecule has 1 aliphatic heterocycles. The maximum absolute atomic E-state index is 12.3. The molecule has 230 valence electrons. The number of piperazine rings is 1. The predicted octanol–water partition coefficient (Wildman–Crippen LogP) is 5.64. The van der Waals surface area contributed by atoms with E-state index in [0.29, 0.717) is 47.3 Å². The fourth-order valence-corrected chi connectivity index (χ4v) is 4.48. The summed E-state index contributed by atoms with van der Waals surface area (Å²) >= 11 is 6.41. The van der Waals surface area contributed by atoms with Crippen molar-refractivity contribution in [1.29, 1.82) is 0 Å². The number of rotatable bonds is 9. The Hall–Kier alpha value is -4.56. The number of benzene rings is 2. The van der Waals surface area contributed by atoms with Crippen LogP contribution in [0.2, 0.25) is 5.02 Å². The molecule has 1 saturated heterocycles. The van der Waals surface area contributed by atoms with Crippen molar-refractivity contribution in [2.45, 2.75) is 26.4 Å². The highest BCUT2D eigenvalue weighted by atomic mass is 35.5. The lowest BCUT2D eigenvalue weighted by molar-refractivity contribution is -0.384. The summed E-state index contributed by atoms with van der Waals surface area (Å²) in [5.74, 6) is 1.16. The van der Waals surface area contributed by atoms with Gasteiger partial charge in [0.05, 0.1) is 36.7 Å². The fraction of sp³-hybridized carbons (Fsp3) is 0.393. The van der Waals surface area contributed by atoms with Gasteiger partial charge in [-0.1, -0.05) is 11.6 Å². The van der Waals surface area contributed by atoms with Gasteiger partial charge in [0.2, 0.25) is 5.95 Å². The normalized spacial score (nSPS) is 13.7. The fourth-order valence-electron chi connectivity index (χ4n) is 4.34. The van der Waals surface area contributed by atoms with Crippen molar-refractivity contribution in [3.05, 3.63) is 51.7 Å². The molecule has 0 radical (unpaired) electrons. The van der Waals surface area contributed by atoms with Crippen LogP contribution in [0.15, 0.2) is 36.5 Å². The summed E-state index contributed by atoms with van der Waals surface area (Å²) in [6.07, 6.45) is 0.769. The predicted molar refractivity (Wildman–Crippen MR) is 166 cm³/mol. The molecule has 2 heterocycles. The number of nitro benzene ring substituents is 1. The van der Waals surface area contributed by atoms with Gasteiger partial charge < -0.3 is 34.6 Å². The molecule has 15 heteroatoms. The molecule has 43 heavy (non-hydrogen) atoms. The Bertz CT molecular complexity index is 1490. The molecule has 1 aliphatic rings. The molecule has 0 bridgehead atoms. The lowest BCUT2D eigenvalue weighted by atomic mass is 10.1. The third-order valence-corrected chi connectivity index (χ3v) is 6.70. The summed E-state index contributed by atoms with van der Waals surface area (Å²) in [5.41, 5.74) is 0.947. The van der Waals surface area contributed by atoms with Gasteiger partial charge in [-0.25, -0.2) is 9.78 Å². The number of likely N-dealkylation sites (N-methyl/N-ethyl adjacent to an activating group) is 1. The average Bonchev–Trinajstić information content (AvgIpc) is 2.94. The topological polar surface area (TPSA) is 156 Å². The van der Waals surface area contributed by atoms with Crippen LogP contribution in [0.3, 0.4) is 0 Å². The molecule has 14 nitrogen and oxygen atoms in total. The highest BCUT2D eigenvalue weighted by molar-refractivity contribution is 6.33. The number of anilines is 6. The van der Waals surface area contributed by atoms with Gasteiger partial charge in [0.1, 0.15) is 27.8 Å². The van der Waals surface area contributed by atoms with Gasteiger partial charge in [0.15, 0.2) is 5.82 Å². The first-order valence-electron chi connectivity index (χ1n) is 13.4. The van der Waals surface area contributed by atoms with Crippen LogP contribution in [0.5, 0.6) is 11.5 Å². The van der Waals surface area contributed by atoms with Gasteiger partial charge in [-0.15, -0.1) is 0 Å². The van der Waals surface area contributed by atoms with Gasteiger partial charge in [0.25, 0.3) is 5.69 Å². The van der Waals surface area contributed by atoms with E-state index in [1.54, 1.807) is 45.0 Å². The lowest BCUT2D eigenvalue weighted by Gasteiger charge is -2.34. The summed E-state index contributed by atoms with van der Waals surface area (Å²) in [7, 11) is 5.00. The van der Waals surface area contributed by atoms with Crippen LogP contribution in [0.25, 0.3) is 0 Å². The molecule has 2 aromatic carbocycles. The van der Waals surface area contributed by atoms with Gasteiger partial charge in [-0.2, -0.15) is 4.98 Å². The van der Waals surface area contributed by atoms with Gasteiger partial charge >= 0.3 is 6.09 Å². The molecular weight excluding hydrogens is 580 g/mol. The van der Waals surface area contributed by atoms with E-state index < -0.39 is 16.6 Å². The SMILES string of the molecule is COc1cc(N2CCN(C)CC2)c([N+](=O)[O-])cc1Nc1ncc(Cl)c(Nc2cc(NC(=O)OC(C)(C)C)ccc2OC)n1. The van der Waals surface area contributed by atoms with Crippen molar-refractivity contribution < 1.29 is 23.9 Å². The zero-order chi connectivity index (χ0) is 31.3. The molecule has 1 fully saturated rings. The molecule has 0 aliphatic carbocycles. The molecule has 4 rings (SSSR count). The van der Waals surface area contributed by atoms with Crippen LogP contribution in [-0.2, 0) is 4.74 Å². The third kappa shape index (κ3) is 8.05. The van der Waals surface area contributed by atoms with Crippen LogP contribution >= 0.6 is 11.6 Å². The molecule has 3 N–H and O–H groups in total. The number of halogens is 1. The second kappa shape index (κ2) is 13.2. The Morgan fingerprint density at radius 3 is 2.33 bits per heavy atom. The monoisotopic (exact) mass is 614 g/mol. The van der Waals surface area contributed by atoms with E-state index in [0.717, 1.165) is 13.1 Å². The summed E-state index contributed by atoms with van der Waals surface area (Å²) in [6.45, 7) is 8.20. The number of carbonyl (C=O) groups is 1. The number of nitro groups is 1. The van der Waals surface area contributed by atoms with Gasteiger partial charge in [-0.05, 0) is 46.0 Å². The van der Waals surface area contributed by atoms with Crippen molar-refractivity contribution >= 4 is 57.9 Å². The van der Waals surface area contributed by atoms with Crippen LogP contribution in [0, 0.1) is 10.1 Å². The summed E-state index contributed by atoms with van der Waals surface area (Å²) in [6, 6.07) is 8.02.